The Morgan fingerprint density at radius 1 is 1.07 bits per heavy atom. The van der Waals surface area contributed by atoms with Crippen LogP contribution in [0.4, 0.5) is 5.82 Å². The lowest BCUT2D eigenvalue weighted by molar-refractivity contribution is 0.0940. The second-order valence-corrected chi connectivity index (χ2v) is 7.45. The molecule has 0 saturated carbocycles. The number of methoxy groups -OCH3 is 1. The van der Waals surface area contributed by atoms with Crippen LogP contribution in [0.3, 0.4) is 0 Å². The highest BCUT2D eigenvalue weighted by molar-refractivity contribution is 6.00. The number of fused-ring (bicyclic) bond motifs is 1. The van der Waals surface area contributed by atoms with Crippen LogP contribution in [0.25, 0.3) is 10.9 Å². The zero-order valence-corrected chi connectivity index (χ0v) is 16.9. The van der Waals surface area contributed by atoms with E-state index in [0.29, 0.717) is 5.56 Å². The number of hydrogen-bond donors (Lipinski definition) is 1. The van der Waals surface area contributed by atoms with Gasteiger partial charge in [0.1, 0.15) is 17.9 Å². The van der Waals surface area contributed by atoms with Gasteiger partial charge in [-0.05, 0) is 62.1 Å². The Balaban J connectivity index is 1.57. The number of carbonyl (C=O) groups excluding carboxylic acids is 1. The van der Waals surface area contributed by atoms with E-state index < -0.39 is 0 Å². The van der Waals surface area contributed by atoms with Gasteiger partial charge in [0.2, 0.25) is 0 Å². The van der Waals surface area contributed by atoms with Gasteiger partial charge in [0.05, 0.1) is 18.7 Å². The summed E-state index contributed by atoms with van der Waals surface area (Å²) in [5.74, 6) is 1.61. The third-order valence-electron chi connectivity index (χ3n) is 5.50. The smallest absolute Gasteiger partial charge is 0.251 e. The molecule has 6 heteroatoms. The molecule has 1 aliphatic heterocycles. The van der Waals surface area contributed by atoms with E-state index >= 15 is 0 Å². The lowest BCUT2D eigenvalue weighted by Crippen LogP contribution is -2.30. The molecule has 1 saturated heterocycles. The van der Waals surface area contributed by atoms with Crippen LogP contribution >= 0.6 is 0 Å². The van der Waals surface area contributed by atoms with Gasteiger partial charge < -0.3 is 15.0 Å². The van der Waals surface area contributed by atoms with Crippen LogP contribution in [0.5, 0.6) is 5.75 Å². The molecule has 2 heterocycles. The van der Waals surface area contributed by atoms with Crippen molar-refractivity contribution in [2.24, 2.45) is 0 Å². The molecule has 0 bridgehead atoms. The number of amides is 1. The molecule has 1 unspecified atom stereocenters. The molecule has 6 nitrogen and oxygen atoms in total. The fourth-order valence-corrected chi connectivity index (χ4v) is 3.80. The average Bonchev–Trinajstić information content (AvgIpc) is 2.78. The fourth-order valence-electron chi connectivity index (χ4n) is 3.80. The molecule has 150 valence electrons. The first kappa shape index (κ1) is 19.2. The molecular weight excluding hydrogens is 364 g/mol. The number of benzene rings is 2. The Morgan fingerprint density at radius 2 is 1.83 bits per heavy atom. The number of carbonyl (C=O) groups is 1. The summed E-state index contributed by atoms with van der Waals surface area (Å²) in [6.07, 6.45) is 5.21. The molecule has 0 spiro atoms. The van der Waals surface area contributed by atoms with Crippen LogP contribution in [0.1, 0.15) is 48.1 Å². The molecule has 2 aromatic carbocycles. The van der Waals surface area contributed by atoms with E-state index in [1.165, 1.54) is 19.3 Å². The third kappa shape index (κ3) is 4.16. The zero-order chi connectivity index (χ0) is 20.2. The van der Waals surface area contributed by atoms with Gasteiger partial charge in [-0.25, -0.2) is 9.97 Å². The average molecular weight is 390 g/mol. The highest BCUT2D eigenvalue weighted by atomic mass is 16.5. The number of aromatic nitrogens is 2. The fraction of sp³-hybridized carbons (Fsp3) is 0.348. The minimum Gasteiger partial charge on any atom is -0.497 e. The predicted molar refractivity (Wildman–Crippen MR) is 114 cm³/mol. The highest BCUT2D eigenvalue weighted by Crippen LogP contribution is 2.27. The topological polar surface area (TPSA) is 67.3 Å². The van der Waals surface area contributed by atoms with Crippen molar-refractivity contribution in [1.82, 2.24) is 15.3 Å². The number of nitrogens with zero attached hydrogens (tertiary/aromatic N) is 3. The molecule has 1 aliphatic rings. The number of hydrogen-bond acceptors (Lipinski definition) is 5. The molecule has 1 atom stereocenters. The van der Waals surface area contributed by atoms with Gasteiger partial charge in [-0.3, -0.25) is 4.79 Å². The second kappa shape index (κ2) is 8.47. The van der Waals surface area contributed by atoms with Gasteiger partial charge in [-0.2, -0.15) is 0 Å². The molecule has 1 fully saturated rings. The quantitative estimate of drug-likeness (QED) is 0.710. The number of ether oxygens (including phenoxy) is 1. The highest BCUT2D eigenvalue weighted by Gasteiger charge is 2.17. The van der Waals surface area contributed by atoms with Crippen LogP contribution in [0, 0.1) is 0 Å². The number of anilines is 1. The molecule has 4 rings (SSSR count). The van der Waals surface area contributed by atoms with Gasteiger partial charge in [-0.1, -0.05) is 12.1 Å². The summed E-state index contributed by atoms with van der Waals surface area (Å²) in [6.45, 7) is 3.97. The largest absolute Gasteiger partial charge is 0.497 e. The summed E-state index contributed by atoms with van der Waals surface area (Å²) in [7, 11) is 1.64. The maximum atomic E-state index is 12.9. The molecule has 0 aliphatic carbocycles. The SMILES string of the molecule is COc1ccc(C(C)NC(=O)c2ccc3ncnc(N4CCCCC4)c3c2)cc1. The minimum atomic E-state index is -0.113. The molecule has 29 heavy (non-hydrogen) atoms. The standard InChI is InChI=1S/C23H26N4O2/c1-16(17-6-9-19(29-2)10-7-17)26-23(28)18-8-11-21-20(14-18)22(25-15-24-21)27-12-4-3-5-13-27/h6-11,14-16H,3-5,12-13H2,1-2H3,(H,26,28). The molecule has 1 amide bonds. The van der Waals surface area contributed by atoms with Gasteiger partial charge in [0.15, 0.2) is 0 Å². The predicted octanol–water partition coefficient (Wildman–Crippen LogP) is 4.12. The third-order valence-corrected chi connectivity index (χ3v) is 5.50. The summed E-state index contributed by atoms with van der Waals surface area (Å²) >= 11 is 0. The van der Waals surface area contributed by atoms with Crippen molar-refractivity contribution >= 4 is 22.6 Å². The monoisotopic (exact) mass is 390 g/mol. The van der Waals surface area contributed by atoms with E-state index in [1.807, 2.05) is 49.4 Å². The van der Waals surface area contributed by atoms with Crippen LogP contribution in [0.15, 0.2) is 48.8 Å². The number of piperidine rings is 1. The first-order valence-corrected chi connectivity index (χ1v) is 10.1. The van der Waals surface area contributed by atoms with Crippen LogP contribution in [-0.4, -0.2) is 36.1 Å². The number of nitrogens with one attached hydrogen (secondary N) is 1. The Hall–Kier alpha value is -3.15. The van der Waals surface area contributed by atoms with Crippen molar-refractivity contribution in [2.75, 3.05) is 25.1 Å². The van der Waals surface area contributed by atoms with Crippen LogP contribution in [-0.2, 0) is 0 Å². The second-order valence-electron chi connectivity index (χ2n) is 7.45. The first-order valence-electron chi connectivity index (χ1n) is 10.1. The zero-order valence-electron chi connectivity index (χ0n) is 16.9. The van der Waals surface area contributed by atoms with E-state index in [9.17, 15) is 4.79 Å². The minimum absolute atomic E-state index is 0.108. The van der Waals surface area contributed by atoms with Crippen molar-refractivity contribution in [3.8, 4) is 5.75 Å². The maximum absolute atomic E-state index is 12.9. The number of rotatable bonds is 5. The van der Waals surface area contributed by atoms with Gasteiger partial charge in [-0.15, -0.1) is 0 Å². The van der Waals surface area contributed by atoms with E-state index in [2.05, 4.69) is 20.2 Å². The summed E-state index contributed by atoms with van der Waals surface area (Å²) in [4.78, 5) is 24.1. The van der Waals surface area contributed by atoms with E-state index in [0.717, 1.165) is 41.1 Å². The normalized spacial score (nSPS) is 15.2. The van der Waals surface area contributed by atoms with Crippen molar-refractivity contribution in [2.45, 2.75) is 32.2 Å². The Morgan fingerprint density at radius 3 is 2.55 bits per heavy atom. The molecule has 3 aromatic rings. The molecule has 0 radical (unpaired) electrons. The first-order chi connectivity index (χ1) is 14.2. The maximum Gasteiger partial charge on any atom is 0.251 e. The summed E-state index contributed by atoms with van der Waals surface area (Å²) in [5, 5.41) is 4.01. The lowest BCUT2D eigenvalue weighted by Gasteiger charge is -2.28. The lowest BCUT2D eigenvalue weighted by atomic mass is 10.1. The Kier molecular flexibility index (Phi) is 5.60. The van der Waals surface area contributed by atoms with E-state index in [4.69, 9.17) is 4.74 Å². The van der Waals surface area contributed by atoms with E-state index in [-0.39, 0.29) is 11.9 Å². The van der Waals surface area contributed by atoms with Crippen molar-refractivity contribution < 1.29 is 9.53 Å². The van der Waals surface area contributed by atoms with Crippen LogP contribution in [0.2, 0.25) is 0 Å². The van der Waals surface area contributed by atoms with Gasteiger partial charge in [0, 0.05) is 24.0 Å². The Labute approximate surface area is 170 Å². The van der Waals surface area contributed by atoms with E-state index in [1.54, 1.807) is 13.4 Å². The summed E-state index contributed by atoms with van der Waals surface area (Å²) < 4.78 is 5.20. The van der Waals surface area contributed by atoms with Gasteiger partial charge in [0.25, 0.3) is 5.91 Å². The van der Waals surface area contributed by atoms with Crippen molar-refractivity contribution in [1.29, 1.82) is 0 Å². The van der Waals surface area contributed by atoms with Crippen molar-refractivity contribution in [3.63, 3.8) is 0 Å². The van der Waals surface area contributed by atoms with Crippen LogP contribution < -0.4 is 15.0 Å². The molecular formula is C23H26N4O2. The molecule has 1 aromatic heterocycles. The summed E-state index contributed by atoms with van der Waals surface area (Å²) in [5.41, 5.74) is 2.50. The van der Waals surface area contributed by atoms with Gasteiger partial charge >= 0.3 is 0 Å². The summed E-state index contributed by atoms with van der Waals surface area (Å²) in [6, 6.07) is 13.3. The molecule has 1 N–H and O–H groups in total. The van der Waals surface area contributed by atoms with Crippen molar-refractivity contribution in [3.05, 3.63) is 59.9 Å². The Bertz CT molecular complexity index is 997.